The van der Waals surface area contributed by atoms with Crippen molar-refractivity contribution in [3.05, 3.63) is 66.4 Å². The summed E-state index contributed by atoms with van der Waals surface area (Å²) in [6.45, 7) is 5.43. The molecule has 1 N–H and O–H groups in total. The van der Waals surface area contributed by atoms with Gasteiger partial charge in [0, 0.05) is 11.1 Å². The molecule has 0 saturated carbocycles. The molecule has 3 rings (SSSR count). The van der Waals surface area contributed by atoms with Crippen LogP contribution in [-0.4, -0.2) is 16.5 Å². The number of rotatable bonds is 4. The third kappa shape index (κ3) is 3.38. The number of para-hydroxylation sites is 2. The zero-order chi connectivity index (χ0) is 17.2. The number of nitrogens with zero attached hydrogens (tertiary/aromatic N) is 1. The molecule has 2 aromatic carbocycles. The van der Waals surface area contributed by atoms with E-state index >= 15 is 0 Å². The summed E-state index contributed by atoms with van der Waals surface area (Å²) in [7, 11) is 0. The Bertz CT molecular complexity index is 873. The average molecular weight is 320 g/mol. The number of hydrogen-bond acceptors (Lipinski definition) is 3. The van der Waals surface area contributed by atoms with Gasteiger partial charge in [-0.1, -0.05) is 36.4 Å². The summed E-state index contributed by atoms with van der Waals surface area (Å²) in [5.41, 5.74) is 1.36. The third-order valence-corrected chi connectivity index (χ3v) is 3.77. The van der Waals surface area contributed by atoms with E-state index in [9.17, 15) is 4.79 Å². The number of amides is 1. The quantitative estimate of drug-likeness (QED) is 0.778. The zero-order valence-electron chi connectivity index (χ0n) is 14.0. The van der Waals surface area contributed by atoms with Gasteiger partial charge in [0.15, 0.2) is 5.60 Å². The molecule has 0 atom stereocenters. The monoisotopic (exact) mass is 320 g/mol. The summed E-state index contributed by atoms with van der Waals surface area (Å²) < 4.78 is 5.84. The van der Waals surface area contributed by atoms with Crippen LogP contribution in [0.1, 0.15) is 19.5 Å². The molecule has 0 aliphatic carbocycles. The summed E-state index contributed by atoms with van der Waals surface area (Å²) in [6.07, 6.45) is 0. The lowest BCUT2D eigenvalue weighted by molar-refractivity contribution is -0.128. The van der Waals surface area contributed by atoms with Crippen LogP contribution in [0.3, 0.4) is 0 Å². The number of ether oxygens (including phenoxy) is 1. The lowest BCUT2D eigenvalue weighted by Gasteiger charge is -2.25. The minimum Gasteiger partial charge on any atom is -0.478 e. The van der Waals surface area contributed by atoms with E-state index in [-0.39, 0.29) is 5.91 Å². The number of aromatic nitrogens is 1. The minimum atomic E-state index is -1.01. The molecule has 1 aromatic heterocycles. The fourth-order valence-corrected chi connectivity index (χ4v) is 2.45. The Morgan fingerprint density at radius 1 is 1.00 bits per heavy atom. The highest BCUT2D eigenvalue weighted by Crippen LogP contribution is 2.24. The maximum absolute atomic E-state index is 12.7. The minimum absolute atomic E-state index is 0.220. The number of fused-ring (bicyclic) bond motifs is 1. The number of carbonyl (C=O) groups is 1. The smallest absolute Gasteiger partial charge is 0.268 e. The predicted molar refractivity (Wildman–Crippen MR) is 96.3 cm³/mol. The van der Waals surface area contributed by atoms with Gasteiger partial charge in [-0.3, -0.25) is 9.78 Å². The van der Waals surface area contributed by atoms with Gasteiger partial charge in [0.2, 0.25) is 0 Å². The van der Waals surface area contributed by atoms with Gasteiger partial charge in [-0.05, 0) is 45.0 Å². The summed E-state index contributed by atoms with van der Waals surface area (Å²) in [5.74, 6) is 0.437. The standard InChI is InChI=1S/C20H20N2O2/c1-14-12-13-15-8-7-11-17(18(15)21-14)22-19(23)20(2,3)24-16-9-5-4-6-10-16/h4-13H,1-3H3,(H,22,23). The molecule has 0 radical (unpaired) electrons. The second-order valence-electron chi connectivity index (χ2n) is 6.21. The van der Waals surface area contributed by atoms with Crippen molar-refractivity contribution in [1.82, 2.24) is 4.98 Å². The fraction of sp³-hybridized carbons (Fsp3) is 0.200. The van der Waals surface area contributed by atoms with E-state index in [0.29, 0.717) is 11.4 Å². The highest BCUT2D eigenvalue weighted by Gasteiger charge is 2.30. The van der Waals surface area contributed by atoms with Crippen molar-refractivity contribution in [2.75, 3.05) is 5.32 Å². The van der Waals surface area contributed by atoms with Crippen LogP contribution in [0.25, 0.3) is 10.9 Å². The van der Waals surface area contributed by atoms with Crippen molar-refractivity contribution in [2.45, 2.75) is 26.4 Å². The Labute approximate surface area is 141 Å². The van der Waals surface area contributed by atoms with E-state index in [1.807, 2.05) is 67.6 Å². The Balaban J connectivity index is 1.85. The van der Waals surface area contributed by atoms with Crippen LogP contribution in [-0.2, 0) is 4.79 Å². The first-order valence-electron chi connectivity index (χ1n) is 7.87. The van der Waals surface area contributed by atoms with Crippen LogP contribution in [0.15, 0.2) is 60.7 Å². The third-order valence-electron chi connectivity index (χ3n) is 3.77. The molecule has 122 valence electrons. The number of anilines is 1. The van der Waals surface area contributed by atoms with Crippen molar-refractivity contribution < 1.29 is 9.53 Å². The van der Waals surface area contributed by atoms with Gasteiger partial charge in [-0.15, -0.1) is 0 Å². The van der Waals surface area contributed by atoms with E-state index in [1.165, 1.54) is 0 Å². The second kappa shape index (κ2) is 6.32. The van der Waals surface area contributed by atoms with E-state index < -0.39 is 5.60 Å². The van der Waals surface area contributed by atoms with Crippen molar-refractivity contribution in [3.8, 4) is 5.75 Å². The molecule has 4 heteroatoms. The molecule has 0 unspecified atom stereocenters. The van der Waals surface area contributed by atoms with E-state index in [1.54, 1.807) is 13.8 Å². The number of aryl methyl sites for hydroxylation is 1. The topological polar surface area (TPSA) is 51.2 Å². The predicted octanol–water partition coefficient (Wildman–Crippen LogP) is 4.34. The highest BCUT2D eigenvalue weighted by molar-refractivity contribution is 6.03. The lowest BCUT2D eigenvalue weighted by atomic mass is 10.1. The van der Waals surface area contributed by atoms with Crippen molar-refractivity contribution >= 4 is 22.5 Å². The van der Waals surface area contributed by atoms with Gasteiger partial charge in [0.05, 0.1) is 11.2 Å². The zero-order valence-corrected chi connectivity index (χ0v) is 14.0. The number of benzene rings is 2. The number of nitrogens with one attached hydrogen (secondary N) is 1. The molecule has 24 heavy (non-hydrogen) atoms. The van der Waals surface area contributed by atoms with E-state index in [2.05, 4.69) is 10.3 Å². The van der Waals surface area contributed by atoms with Crippen LogP contribution < -0.4 is 10.1 Å². The maximum atomic E-state index is 12.7. The Morgan fingerprint density at radius 3 is 2.50 bits per heavy atom. The van der Waals surface area contributed by atoms with Crippen LogP contribution >= 0.6 is 0 Å². The normalized spacial score (nSPS) is 11.3. The first-order valence-corrected chi connectivity index (χ1v) is 7.87. The highest BCUT2D eigenvalue weighted by atomic mass is 16.5. The Hall–Kier alpha value is -2.88. The largest absolute Gasteiger partial charge is 0.478 e. The van der Waals surface area contributed by atoms with Crippen molar-refractivity contribution in [3.63, 3.8) is 0 Å². The number of pyridine rings is 1. The lowest BCUT2D eigenvalue weighted by Crippen LogP contribution is -2.42. The first-order chi connectivity index (χ1) is 11.5. The summed E-state index contributed by atoms with van der Waals surface area (Å²) in [6, 6.07) is 19.0. The first kappa shape index (κ1) is 16.0. The van der Waals surface area contributed by atoms with E-state index in [0.717, 1.165) is 16.6 Å². The van der Waals surface area contributed by atoms with Gasteiger partial charge in [0.1, 0.15) is 5.75 Å². The Morgan fingerprint density at radius 2 is 1.75 bits per heavy atom. The van der Waals surface area contributed by atoms with Crippen molar-refractivity contribution in [2.24, 2.45) is 0 Å². The number of carbonyl (C=O) groups excluding carboxylic acids is 1. The SMILES string of the molecule is Cc1ccc2cccc(NC(=O)C(C)(C)Oc3ccccc3)c2n1. The van der Waals surface area contributed by atoms with Gasteiger partial charge >= 0.3 is 0 Å². The van der Waals surface area contributed by atoms with Gasteiger partial charge in [0.25, 0.3) is 5.91 Å². The fourth-order valence-electron chi connectivity index (χ4n) is 2.45. The molecule has 0 fully saturated rings. The van der Waals surface area contributed by atoms with Gasteiger partial charge < -0.3 is 10.1 Å². The molecular formula is C20H20N2O2. The molecule has 0 aliphatic rings. The van der Waals surface area contributed by atoms with Crippen LogP contribution in [0.2, 0.25) is 0 Å². The van der Waals surface area contributed by atoms with Crippen LogP contribution in [0.4, 0.5) is 5.69 Å². The Kier molecular flexibility index (Phi) is 4.21. The van der Waals surface area contributed by atoms with Gasteiger partial charge in [-0.25, -0.2) is 0 Å². The maximum Gasteiger partial charge on any atom is 0.268 e. The van der Waals surface area contributed by atoms with Crippen LogP contribution in [0, 0.1) is 6.92 Å². The molecular weight excluding hydrogens is 300 g/mol. The van der Waals surface area contributed by atoms with Crippen molar-refractivity contribution in [1.29, 1.82) is 0 Å². The second-order valence-corrected chi connectivity index (χ2v) is 6.21. The summed E-state index contributed by atoms with van der Waals surface area (Å²) in [5, 5.41) is 3.93. The van der Waals surface area contributed by atoms with Gasteiger partial charge in [-0.2, -0.15) is 0 Å². The molecule has 0 aliphatic heterocycles. The van der Waals surface area contributed by atoms with Crippen LogP contribution in [0.5, 0.6) is 5.75 Å². The summed E-state index contributed by atoms with van der Waals surface area (Å²) in [4.78, 5) is 17.2. The van der Waals surface area contributed by atoms with E-state index in [4.69, 9.17) is 4.74 Å². The molecule has 1 heterocycles. The molecule has 3 aromatic rings. The average Bonchev–Trinajstić information content (AvgIpc) is 2.56. The summed E-state index contributed by atoms with van der Waals surface area (Å²) >= 11 is 0. The number of hydrogen-bond donors (Lipinski definition) is 1. The molecule has 0 spiro atoms. The molecule has 1 amide bonds. The molecule has 4 nitrogen and oxygen atoms in total. The molecule has 0 bridgehead atoms. The molecule has 0 saturated heterocycles.